The maximum Gasteiger partial charge on any atom is 0.232 e. The zero-order valence-corrected chi connectivity index (χ0v) is 25.9. The molecule has 4 heterocycles. The van der Waals surface area contributed by atoms with Gasteiger partial charge in [-0.3, -0.25) is 4.79 Å². The number of hydrogen-bond donors (Lipinski definition) is 1. The fraction of sp³-hybridized carbons (Fsp3) is 0.243. The van der Waals surface area contributed by atoms with Crippen LogP contribution in [0.3, 0.4) is 0 Å². The Morgan fingerprint density at radius 3 is 2.58 bits per heavy atom. The van der Waals surface area contributed by atoms with Crippen LogP contribution in [0.2, 0.25) is 0 Å². The van der Waals surface area contributed by atoms with Crippen molar-refractivity contribution >= 4 is 17.2 Å². The molecule has 4 aromatic rings. The summed E-state index contributed by atoms with van der Waals surface area (Å²) < 4.78 is 0. The Balaban J connectivity index is 1.33. The van der Waals surface area contributed by atoms with Crippen LogP contribution in [0.1, 0.15) is 34.4 Å². The van der Waals surface area contributed by atoms with Crippen LogP contribution in [0.5, 0.6) is 0 Å². The maximum absolute atomic E-state index is 14.4. The molecule has 2 aliphatic heterocycles. The highest BCUT2D eigenvalue weighted by Crippen LogP contribution is 2.38. The lowest BCUT2D eigenvalue weighted by molar-refractivity contribution is -0.129. The highest BCUT2D eigenvalue weighted by atomic mass is 32.1. The number of aromatic nitrogens is 2. The first kappa shape index (κ1) is 28.9. The molecule has 2 aromatic heterocycles. The van der Waals surface area contributed by atoms with Crippen molar-refractivity contribution in [1.29, 1.82) is 5.26 Å². The summed E-state index contributed by atoms with van der Waals surface area (Å²) in [6.07, 6.45) is 14.8. The van der Waals surface area contributed by atoms with Gasteiger partial charge in [-0.05, 0) is 71.0 Å². The topological polar surface area (TPSA) is 85.1 Å². The van der Waals surface area contributed by atoms with Crippen LogP contribution in [0.15, 0.2) is 109 Å². The first-order valence-electron chi connectivity index (χ1n) is 15.5. The monoisotopic (exact) mass is 610 g/mol. The quantitative estimate of drug-likeness (QED) is 0.287. The third kappa shape index (κ3) is 6.23. The average molecular weight is 611 g/mol. The first-order valence-corrected chi connectivity index (χ1v) is 16.3. The van der Waals surface area contributed by atoms with Gasteiger partial charge in [0, 0.05) is 71.7 Å². The summed E-state index contributed by atoms with van der Waals surface area (Å²) in [4.78, 5) is 29.7. The zero-order valence-electron chi connectivity index (χ0n) is 25.1. The number of thiophene rings is 1. The van der Waals surface area contributed by atoms with Crippen LogP contribution in [-0.4, -0.2) is 51.9 Å². The molecule has 0 saturated carbocycles. The predicted octanol–water partition coefficient (Wildman–Crippen LogP) is 6.26. The fourth-order valence-electron chi connectivity index (χ4n) is 6.41. The van der Waals surface area contributed by atoms with Crippen molar-refractivity contribution < 1.29 is 4.79 Å². The van der Waals surface area contributed by atoms with Crippen LogP contribution in [0.4, 0.5) is 0 Å². The molecule has 0 radical (unpaired) electrons. The normalized spacial score (nSPS) is 20.4. The number of allylic oxidation sites excluding steroid dienone is 5. The van der Waals surface area contributed by atoms with E-state index in [1.807, 2.05) is 53.7 Å². The lowest BCUT2D eigenvalue weighted by Crippen LogP contribution is -2.42. The van der Waals surface area contributed by atoms with Crippen LogP contribution < -0.4 is 5.32 Å². The summed E-state index contributed by atoms with van der Waals surface area (Å²) in [5, 5.41) is 12.8. The molecule has 8 heteroatoms. The van der Waals surface area contributed by atoms with Gasteiger partial charge in [-0.25, -0.2) is 9.97 Å². The molecule has 1 aliphatic carbocycles. The summed E-state index contributed by atoms with van der Waals surface area (Å²) in [5.74, 6) is 0.109. The Kier molecular flexibility index (Phi) is 8.37. The number of piperazine rings is 1. The Morgan fingerprint density at radius 2 is 1.78 bits per heavy atom. The van der Waals surface area contributed by atoms with Crippen molar-refractivity contribution in [3.8, 4) is 27.6 Å². The van der Waals surface area contributed by atoms with Crippen LogP contribution in [0.25, 0.3) is 21.6 Å². The zero-order chi connectivity index (χ0) is 30.6. The molecule has 0 bridgehead atoms. The third-order valence-corrected chi connectivity index (χ3v) is 9.97. The highest BCUT2D eigenvalue weighted by molar-refractivity contribution is 7.15. The van der Waals surface area contributed by atoms with E-state index in [0.29, 0.717) is 18.5 Å². The second-order valence-corrected chi connectivity index (χ2v) is 12.7. The second kappa shape index (κ2) is 13.0. The molecular weight excluding hydrogens is 577 g/mol. The number of nitrogens with one attached hydrogen (secondary N) is 1. The van der Waals surface area contributed by atoms with E-state index in [4.69, 9.17) is 0 Å². The number of fused-ring (bicyclic) bond motifs is 1. The van der Waals surface area contributed by atoms with Gasteiger partial charge in [-0.1, -0.05) is 42.5 Å². The molecule has 3 aliphatic rings. The van der Waals surface area contributed by atoms with Crippen LogP contribution in [-0.2, 0) is 24.2 Å². The van der Waals surface area contributed by atoms with Gasteiger partial charge >= 0.3 is 0 Å². The van der Waals surface area contributed by atoms with E-state index in [9.17, 15) is 10.1 Å². The number of carbonyl (C=O) groups is 1. The van der Waals surface area contributed by atoms with Gasteiger partial charge in [-0.2, -0.15) is 5.26 Å². The van der Waals surface area contributed by atoms with Crippen molar-refractivity contribution in [2.75, 3.05) is 26.2 Å². The van der Waals surface area contributed by atoms with Crippen LogP contribution in [0, 0.1) is 11.3 Å². The minimum absolute atomic E-state index is 0.109. The average Bonchev–Trinajstić information content (AvgIpc) is 3.47. The SMILES string of the molecule is N#Cc1ccc(-c2cc3c(s2)CC(=O)N(Cc2ccccc2-c2cncnc2)/C2=C(/C=C(N4CCNCC4)\C=C/CC2)C3)cc1. The standard InChI is InChI=1S/C37H34N6OS/c38-21-26-9-11-27(12-10-26)35-19-30-17-29-18-32(42-15-13-39-14-16-42)6-2-4-8-34(29)43(37(44)20-36(30)45-35)24-28-5-1-3-7-33(28)31-22-40-25-41-23-31/h1-3,5-7,9-12,18-19,22-23,25,39H,4,8,13-17,20,24H2/b6-2-,32-18+,34-29+. The maximum atomic E-state index is 14.4. The number of hydrogen-bond acceptors (Lipinski definition) is 7. The molecule has 7 rings (SSSR count). The van der Waals surface area contributed by atoms with Gasteiger partial charge in [0.25, 0.3) is 0 Å². The Hall–Kier alpha value is -4.84. The first-order chi connectivity index (χ1) is 22.2. The number of nitriles is 1. The van der Waals surface area contributed by atoms with Crippen molar-refractivity contribution in [3.63, 3.8) is 0 Å². The molecule has 0 unspecified atom stereocenters. The highest BCUT2D eigenvalue weighted by Gasteiger charge is 2.28. The van der Waals surface area contributed by atoms with Gasteiger partial charge in [0.05, 0.1) is 24.6 Å². The van der Waals surface area contributed by atoms with E-state index in [0.717, 1.165) is 83.1 Å². The molecule has 0 atom stereocenters. The summed E-state index contributed by atoms with van der Waals surface area (Å²) in [7, 11) is 0. The van der Waals surface area contributed by atoms with E-state index in [1.165, 1.54) is 16.8 Å². The smallest absolute Gasteiger partial charge is 0.232 e. The Bertz CT molecular complexity index is 1840. The lowest BCUT2D eigenvalue weighted by atomic mass is 9.93. The number of carbonyl (C=O) groups excluding carboxylic acids is 1. The molecule has 45 heavy (non-hydrogen) atoms. The van der Waals surface area contributed by atoms with Gasteiger partial charge in [0.2, 0.25) is 5.91 Å². The van der Waals surface area contributed by atoms with E-state index < -0.39 is 0 Å². The van der Waals surface area contributed by atoms with E-state index in [1.54, 1.807) is 17.7 Å². The lowest BCUT2D eigenvalue weighted by Gasteiger charge is -2.34. The van der Waals surface area contributed by atoms with Gasteiger partial charge in [-0.15, -0.1) is 11.3 Å². The number of benzene rings is 2. The molecule has 1 fully saturated rings. The summed E-state index contributed by atoms with van der Waals surface area (Å²) in [6, 6.07) is 20.5. The predicted molar refractivity (Wildman–Crippen MR) is 178 cm³/mol. The van der Waals surface area contributed by atoms with Crippen molar-refractivity contribution in [3.05, 3.63) is 130 Å². The Morgan fingerprint density at radius 1 is 0.978 bits per heavy atom. The van der Waals surface area contributed by atoms with E-state index in [-0.39, 0.29) is 5.91 Å². The minimum Gasteiger partial charge on any atom is -0.369 e. The van der Waals surface area contributed by atoms with E-state index >= 15 is 0 Å². The van der Waals surface area contributed by atoms with Gasteiger partial charge < -0.3 is 15.1 Å². The van der Waals surface area contributed by atoms with Crippen molar-refractivity contribution in [2.24, 2.45) is 0 Å². The Labute approximate surface area is 267 Å². The van der Waals surface area contributed by atoms with Gasteiger partial charge in [0.15, 0.2) is 0 Å². The molecule has 1 N–H and O–H groups in total. The summed E-state index contributed by atoms with van der Waals surface area (Å²) >= 11 is 1.69. The van der Waals surface area contributed by atoms with Crippen LogP contribution >= 0.6 is 11.3 Å². The minimum atomic E-state index is 0.109. The largest absolute Gasteiger partial charge is 0.369 e. The van der Waals surface area contributed by atoms with Gasteiger partial charge in [0.1, 0.15) is 6.33 Å². The molecular formula is C37H34N6OS. The molecule has 1 amide bonds. The molecule has 0 spiro atoms. The van der Waals surface area contributed by atoms with Crippen molar-refractivity contribution in [2.45, 2.75) is 32.2 Å². The molecule has 2 aromatic carbocycles. The number of nitrogens with zero attached hydrogens (tertiary/aromatic N) is 5. The molecule has 1 saturated heterocycles. The number of rotatable bonds is 5. The molecule has 7 nitrogen and oxygen atoms in total. The van der Waals surface area contributed by atoms with E-state index in [2.05, 4.69) is 62.7 Å². The number of amides is 1. The third-order valence-electron chi connectivity index (χ3n) is 8.74. The van der Waals surface area contributed by atoms with Crippen molar-refractivity contribution in [1.82, 2.24) is 25.1 Å². The fourth-order valence-corrected chi connectivity index (χ4v) is 7.59. The second-order valence-electron chi connectivity index (χ2n) is 11.6. The summed E-state index contributed by atoms with van der Waals surface area (Å²) in [5.41, 5.74) is 9.49. The molecule has 224 valence electrons. The summed E-state index contributed by atoms with van der Waals surface area (Å²) in [6.45, 7) is 4.32.